The standard InChI is InChI=1S/C14H22N2O2/c1-10-3-2-4-11(7-10)12(15)5-6-16-8-13(17)14(18)9-16/h2-4,7,12-14,17-18H,5-6,8-9,15H2,1H3. The third kappa shape index (κ3) is 3.29. The summed E-state index contributed by atoms with van der Waals surface area (Å²) >= 11 is 0. The van der Waals surface area contributed by atoms with Crippen LogP contribution in [0.3, 0.4) is 0 Å². The average Bonchev–Trinajstić information content (AvgIpc) is 2.66. The summed E-state index contributed by atoms with van der Waals surface area (Å²) in [7, 11) is 0. The molecule has 0 bridgehead atoms. The van der Waals surface area contributed by atoms with Crippen LogP contribution in [0.4, 0.5) is 0 Å². The number of β-amino-alcohol motifs (C(OH)–C–C–N with tert-alkyl or cyclic N) is 2. The van der Waals surface area contributed by atoms with Gasteiger partial charge in [-0.2, -0.15) is 0 Å². The van der Waals surface area contributed by atoms with Crippen LogP contribution in [-0.2, 0) is 0 Å². The Bertz CT molecular complexity index is 387. The van der Waals surface area contributed by atoms with Gasteiger partial charge in [0.15, 0.2) is 0 Å². The lowest BCUT2D eigenvalue weighted by molar-refractivity contribution is 0.0572. The largest absolute Gasteiger partial charge is 0.389 e. The highest BCUT2D eigenvalue weighted by molar-refractivity contribution is 5.24. The van der Waals surface area contributed by atoms with E-state index in [1.165, 1.54) is 5.56 Å². The minimum absolute atomic E-state index is 0.0137. The fourth-order valence-corrected chi connectivity index (χ4v) is 2.42. The van der Waals surface area contributed by atoms with Crippen molar-refractivity contribution in [2.45, 2.75) is 31.6 Å². The Labute approximate surface area is 108 Å². The molecule has 3 atom stereocenters. The number of aryl methyl sites for hydroxylation is 1. The van der Waals surface area contributed by atoms with E-state index in [9.17, 15) is 10.2 Å². The van der Waals surface area contributed by atoms with Crippen molar-refractivity contribution in [3.8, 4) is 0 Å². The fourth-order valence-electron chi connectivity index (χ4n) is 2.42. The maximum atomic E-state index is 9.46. The van der Waals surface area contributed by atoms with Gasteiger partial charge < -0.3 is 15.9 Å². The first kappa shape index (κ1) is 13.5. The Morgan fingerprint density at radius 1 is 1.33 bits per heavy atom. The summed E-state index contributed by atoms with van der Waals surface area (Å²) in [5, 5.41) is 18.9. The topological polar surface area (TPSA) is 69.7 Å². The molecule has 1 fully saturated rings. The van der Waals surface area contributed by atoms with Crippen molar-refractivity contribution in [1.82, 2.24) is 4.90 Å². The molecule has 4 nitrogen and oxygen atoms in total. The van der Waals surface area contributed by atoms with E-state index >= 15 is 0 Å². The normalized spacial score (nSPS) is 26.4. The minimum Gasteiger partial charge on any atom is -0.389 e. The summed E-state index contributed by atoms with van der Waals surface area (Å²) in [5.74, 6) is 0. The highest BCUT2D eigenvalue weighted by Crippen LogP contribution is 2.17. The van der Waals surface area contributed by atoms with Crippen LogP contribution in [-0.4, -0.2) is 47.0 Å². The summed E-state index contributed by atoms with van der Waals surface area (Å²) in [6.07, 6.45) is -0.386. The van der Waals surface area contributed by atoms with E-state index in [4.69, 9.17) is 5.73 Å². The monoisotopic (exact) mass is 250 g/mol. The zero-order valence-electron chi connectivity index (χ0n) is 10.8. The third-order valence-corrected chi connectivity index (χ3v) is 3.56. The number of nitrogens with two attached hydrogens (primary N) is 1. The Balaban J connectivity index is 1.83. The summed E-state index contributed by atoms with van der Waals surface area (Å²) in [5.41, 5.74) is 8.53. The maximum absolute atomic E-state index is 9.46. The van der Waals surface area contributed by atoms with Crippen LogP contribution in [0.5, 0.6) is 0 Å². The van der Waals surface area contributed by atoms with Crippen molar-refractivity contribution >= 4 is 0 Å². The highest BCUT2D eigenvalue weighted by atomic mass is 16.3. The molecule has 0 aromatic heterocycles. The van der Waals surface area contributed by atoms with Crippen LogP contribution in [0.2, 0.25) is 0 Å². The first-order valence-electron chi connectivity index (χ1n) is 6.47. The zero-order valence-corrected chi connectivity index (χ0v) is 10.8. The van der Waals surface area contributed by atoms with E-state index in [0.717, 1.165) is 18.5 Å². The predicted molar refractivity (Wildman–Crippen MR) is 71.2 cm³/mol. The molecule has 4 N–H and O–H groups in total. The van der Waals surface area contributed by atoms with Gasteiger partial charge in [0, 0.05) is 25.7 Å². The van der Waals surface area contributed by atoms with E-state index in [1.807, 2.05) is 12.1 Å². The van der Waals surface area contributed by atoms with Crippen molar-refractivity contribution in [3.05, 3.63) is 35.4 Å². The number of hydrogen-bond acceptors (Lipinski definition) is 4. The Morgan fingerprint density at radius 2 is 2.00 bits per heavy atom. The van der Waals surface area contributed by atoms with Crippen molar-refractivity contribution in [3.63, 3.8) is 0 Å². The molecule has 1 aromatic carbocycles. The van der Waals surface area contributed by atoms with Crippen LogP contribution in [0.15, 0.2) is 24.3 Å². The highest BCUT2D eigenvalue weighted by Gasteiger charge is 2.29. The van der Waals surface area contributed by atoms with Gasteiger partial charge >= 0.3 is 0 Å². The lowest BCUT2D eigenvalue weighted by Crippen LogP contribution is -2.26. The first-order chi connectivity index (χ1) is 8.56. The van der Waals surface area contributed by atoms with E-state index in [2.05, 4.69) is 24.0 Å². The minimum atomic E-state index is -0.611. The third-order valence-electron chi connectivity index (χ3n) is 3.56. The van der Waals surface area contributed by atoms with Crippen LogP contribution < -0.4 is 5.73 Å². The number of benzene rings is 1. The van der Waals surface area contributed by atoms with Gasteiger partial charge in [0.05, 0.1) is 12.2 Å². The van der Waals surface area contributed by atoms with Crippen LogP contribution in [0.1, 0.15) is 23.6 Å². The SMILES string of the molecule is Cc1cccc(C(N)CCN2CC(O)C(O)C2)c1. The first-order valence-corrected chi connectivity index (χ1v) is 6.47. The van der Waals surface area contributed by atoms with Gasteiger partial charge in [-0.25, -0.2) is 0 Å². The van der Waals surface area contributed by atoms with Gasteiger partial charge in [-0.15, -0.1) is 0 Å². The van der Waals surface area contributed by atoms with Crippen LogP contribution >= 0.6 is 0 Å². The number of aliphatic hydroxyl groups excluding tert-OH is 2. The molecule has 0 radical (unpaired) electrons. The fraction of sp³-hybridized carbons (Fsp3) is 0.571. The molecular formula is C14H22N2O2. The molecule has 4 heteroatoms. The van der Waals surface area contributed by atoms with Crippen molar-refractivity contribution in [2.24, 2.45) is 5.73 Å². The zero-order chi connectivity index (χ0) is 13.1. The summed E-state index contributed by atoms with van der Waals surface area (Å²) < 4.78 is 0. The number of aliphatic hydroxyl groups is 2. The maximum Gasteiger partial charge on any atom is 0.0938 e. The number of rotatable bonds is 4. The lowest BCUT2D eigenvalue weighted by Gasteiger charge is -2.18. The quantitative estimate of drug-likeness (QED) is 0.724. The molecule has 0 spiro atoms. The van der Waals surface area contributed by atoms with E-state index in [0.29, 0.717) is 13.1 Å². The average molecular weight is 250 g/mol. The van der Waals surface area contributed by atoms with E-state index < -0.39 is 12.2 Å². The van der Waals surface area contributed by atoms with Crippen molar-refractivity contribution in [2.75, 3.05) is 19.6 Å². The molecule has 1 aromatic rings. The molecule has 0 aliphatic carbocycles. The molecular weight excluding hydrogens is 228 g/mol. The predicted octanol–water partition coefficient (Wildman–Crippen LogP) is 0.422. The van der Waals surface area contributed by atoms with Gasteiger partial charge in [-0.05, 0) is 18.9 Å². The van der Waals surface area contributed by atoms with Gasteiger partial charge in [-0.3, -0.25) is 4.90 Å². The van der Waals surface area contributed by atoms with Crippen LogP contribution in [0, 0.1) is 6.92 Å². The second kappa shape index (κ2) is 5.80. The molecule has 0 amide bonds. The Kier molecular flexibility index (Phi) is 4.35. The summed E-state index contributed by atoms with van der Waals surface area (Å²) in [6.45, 7) is 3.95. The second-order valence-corrected chi connectivity index (χ2v) is 5.20. The number of likely N-dealkylation sites (tertiary alicyclic amines) is 1. The Hall–Kier alpha value is -0.940. The molecule has 18 heavy (non-hydrogen) atoms. The molecule has 1 heterocycles. The number of hydrogen-bond donors (Lipinski definition) is 3. The van der Waals surface area contributed by atoms with Gasteiger partial charge in [0.1, 0.15) is 0 Å². The smallest absolute Gasteiger partial charge is 0.0938 e. The van der Waals surface area contributed by atoms with Gasteiger partial charge in [0.25, 0.3) is 0 Å². The second-order valence-electron chi connectivity index (χ2n) is 5.20. The van der Waals surface area contributed by atoms with Crippen molar-refractivity contribution < 1.29 is 10.2 Å². The molecule has 1 saturated heterocycles. The Morgan fingerprint density at radius 3 is 2.61 bits per heavy atom. The molecule has 1 aliphatic heterocycles. The summed E-state index contributed by atoms with van der Waals surface area (Å²) in [4.78, 5) is 2.06. The van der Waals surface area contributed by atoms with Gasteiger partial charge in [-0.1, -0.05) is 29.8 Å². The number of nitrogens with zero attached hydrogens (tertiary/aromatic N) is 1. The molecule has 2 rings (SSSR count). The van der Waals surface area contributed by atoms with Crippen molar-refractivity contribution in [1.29, 1.82) is 0 Å². The molecule has 100 valence electrons. The molecule has 1 aliphatic rings. The lowest BCUT2D eigenvalue weighted by atomic mass is 10.0. The molecule has 3 unspecified atom stereocenters. The van der Waals surface area contributed by atoms with E-state index in [-0.39, 0.29) is 6.04 Å². The van der Waals surface area contributed by atoms with E-state index in [1.54, 1.807) is 0 Å². The van der Waals surface area contributed by atoms with Gasteiger partial charge in [0.2, 0.25) is 0 Å². The van der Waals surface area contributed by atoms with Crippen LogP contribution in [0.25, 0.3) is 0 Å². The molecule has 0 saturated carbocycles. The summed E-state index contributed by atoms with van der Waals surface area (Å²) in [6, 6.07) is 8.25.